The molecule has 1 aromatic heterocycles. The Morgan fingerprint density at radius 2 is 2.12 bits per heavy atom. The van der Waals surface area contributed by atoms with Crippen LogP contribution in [0, 0.1) is 0 Å². The Morgan fingerprint density at radius 3 is 2.88 bits per heavy atom. The molecule has 2 amide bonds. The number of hydrogen-bond donors (Lipinski definition) is 1. The summed E-state index contributed by atoms with van der Waals surface area (Å²) < 4.78 is 5.36. The first-order valence-electron chi connectivity index (χ1n) is 7.46. The molecule has 0 saturated heterocycles. The van der Waals surface area contributed by atoms with Crippen molar-refractivity contribution >= 4 is 29.1 Å². The van der Waals surface area contributed by atoms with E-state index in [0.29, 0.717) is 16.5 Å². The topological polar surface area (TPSA) is 71.5 Å². The van der Waals surface area contributed by atoms with Gasteiger partial charge in [0.05, 0.1) is 11.7 Å². The van der Waals surface area contributed by atoms with Gasteiger partial charge in [-0.2, -0.15) is 0 Å². The van der Waals surface area contributed by atoms with Crippen LogP contribution in [0.4, 0.5) is 5.69 Å². The molecule has 1 aliphatic rings. The van der Waals surface area contributed by atoms with E-state index >= 15 is 0 Å². The van der Waals surface area contributed by atoms with Crippen molar-refractivity contribution in [3.63, 3.8) is 0 Å². The predicted molar refractivity (Wildman–Crippen MR) is 90.1 cm³/mol. The molecule has 0 fully saturated rings. The van der Waals surface area contributed by atoms with E-state index in [1.165, 1.54) is 4.90 Å². The molecule has 124 valence electrons. The fourth-order valence-corrected chi connectivity index (χ4v) is 2.68. The van der Waals surface area contributed by atoms with Gasteiger partial charge in [-0.3, -0.25) is 19.5 Å². The Balaban J connectivity index is 1.72. The second-order valence-electron chi connectivity index (χ2n) is 5.45. The average molecular weight is 346 g/mol. The van der Waals surface area contributed by atoms with Crippen molar-refractivity contribution in [1.29, 1.82) is 0 Å². The van der Waals surface area contributed by atoms with Crippen molar-refractivity contribution in [1.82, 2.24) is 10.3 Å². The zero-order valence-electron chi connectivity index (χ0n) is 13.0. The molecule has 1 atom stereocenters. The number of amides is 2. The van der Waals surface area contributed by atoms with E-state index in [-0.39, 0.29) is 31.0 Å². The summed E-state index contributed by atoms with van der Waals surface area (Å²) in [6, 6.07) is 8.47. The minimum absolute atomic E-state index is 0.0923. The molecular weight excluding hydrogens is 330 g/mol. The number of hydrogen-bond acceptors (Lipinski definition) is 4. The van der Waals surface area contributed by atoms with Gasteiger partial charge in [-0.05, 0) is 42.8 Å². The van der Waals surface area contributed by atoms with Gasteiger partial charge < -0.3 is 10.1 Å². The lowest BCUT2D eigenvalue weighted by atomic mass is 10.1. The minimum Gasteiger partial charge on any atom is -0.482 e. The summed E-state index contributed by atoms with van der Waals surface area (Å²) in [6.45, 7) is 1.69. The average Bonchev–Trinajstić information content (AvgIpc) is 2.58. The summed E-state index contributed by atoms with van der Waals surface area (Å²) >= 11 is 5.99. The van der Waals surface area contributed by atoms with Gasteiger partial charge in [-0.15, -0.1) is 0 Å². The van der Waals surface area contributed by atoms with Crippen molar-refractivity contribution < 1.29 is 14.3 Å². The van der Waals surface area contributed by atoms with E-state index in [1.807, 2.05) is 19.1 Å². The summed E-state index contributed by atoms with van der Waals surface area (Å²) in [5.41, 5.74) is 1.44. The number of rotatable bonds is 4. The smallest absolute Gasteiger partial charge is 0.265 e. The summed E-state index contributed by atoms with van der Waals surface area (Å²) in [7, 11) is 0. The van der Waals surface area contributed by atoms with Gasteiger partial charge in [0.15, 0.2) is 6.61 Å². The molecule has 0 unspecified atom stereocenters. The molecule has 3 rings (SSSR count). The number of nitrogens with zero attached hydrogens (tertiary/aromatic N) is 2. The van der Waals surface area contributed by atoms with E-state index in [0.717, 1.165) is 5.56 Å². The zero-order valence-corrected chi connectivity index (χ0v) is 13.8. The molecule has 1 N–H and O–H groups in total. The van der Waals surface area contributed by atoms with Gasteiger partial charge in [0, 0.05) is 17.4 Å². The van der Waals surface area contributed by atoms with Crippen LogP contribution in [0.1, 0.15) is 18.5 Å². The Hall–Kier alpha value is -2.60. The highest BCUT2D eigenvalue weighted by Gasteiger charge is 2.27. The normalized spacial score (nSPS) is 14.6. The van der Waals surface area contributed by atoms with Crippen LogP contribution in [0.5, 0.6) is 5.75 Å². The van der Waals surface area contributed by atoms with Crippen LogP contribution in [0.2, 0.25) is 5.02 Å². The largest absolute Gasteiger partial charge is 0.482 e. The molecule has 6 nitrogen and oxygen atoms in total. The maximum atomic E-state index is 12.3. The molecule has 0 aliphatic carbocycles. The van der Waals surface area contributed by atoms with E-state index < -0.39 is 0 Å². The van der Waals surface area contributed by atoms with Crippen molar-refractivity contribution in [2.24, 2.45) is 0 Å². The molecule has 2 heterocycles. The fraction of sp³-hybridized carbons (Fsp3) is 0.235. The van der Waals surface area contributed by atoms with Crippen LogP contribution >= 0.6 is 11.6 Å². The standard InChI is InChI=1S/C17H16ClN3O3/c1-11(12-4-6-19-7-5-12)20-16(22)9-21-14-8-13(18)2-3-15(14)24-10-17(21)23/h2-8,11H,9-10H2,1H3,(H,20,22)/t11-/m1/s1. The maximum absolute atomic E-state index is 12.3. The van der Waals surface area contributed by atoms with E-state index in [4.69, 9.17) is 16.3 Å². The molecule has 1 aliphatic heterocycles. The van der Waals surface area contributed by atoms with Crippen LogP contribution in [0.15, 0.2) is 42.7 Å². The van der Waals surface area contributed by atoms with Crippen LogP contribution in [-0.4, -0.2) is 29.9 Å². The van der Waals surface area contributed by atoms with Crippen molar-refractivity contribution in [2.75, 3.05) is 18.1 Å². The molecule has 24 heavy (non-hydrogen) atoms. The Morgan fingerprint density at radius 1 is 1.38 bits per heavy atom. The molecule has 7 heteroatoms. The third-order valence-electron chi connectivity index (χ3n) is 3.75. The van der Waals surface area contributed by atoms with Gasteiger partial charge in [-0.25, -0.2) is 0 Å². The van der Waals surface area contributed by atoms with Gasteiger partial charge in [0.1, 0.15) is 12.3 Å². The molecule has 0 bridgehead atoms. The summed E-state index contributed by atoms with van der Waals surface area (Å²) in [5.74, 6) is -0.00838. The second-order valence-corrected chi connectivity index (χ2v) is 5.89. The Bertz CT molecular complexity index is 767. The molecule has 0 radical (unpaired) electrons. The number of ether oxygens (including phenoxy) is 1. The molecule has 0 saturated carbocycles. The monoisotopic (exact) mass is 345 g/mol. The first kappa shape index (κ1) is 16.3. The van der Waals surface area contributed by atoms with Crippen molar-refractivity contribution in [2.45, 2.75) is 13.0 Å². The third-order valence-corrected chi connectivity index (χ3v) is 3.98. The Kier molecular flexibility index (Phi) is 4.66. The maximum Gasteiger partial charge on any atom is 0.265 e. The van der Waals surface area contributed by atoms with Crippen molar-refractivity contribution in [3.05, 3.63) is 53.3 Å². The molecule has 1 aromatic carbocycles. The highest BCUT2D eigenvalue weighted by Crippen LogP contribution is 2.34. The first-order valence-corrected chi connectivity index (χ1v) is 7.84. The number of carbonyl (C=O) groups is 2. The predicted octanol–water partition coefficient (Wildman–Crippen LogP) is 2.34. The van der Waals surface area contributed by atoms with E-state index in [2.05, 4.69) is 10.3 Å². The lowest BCUT2D eigenvalue weighted by Gasteiger charge is -2.29. The summed E-state index contributed by atoms with van der Waals surface area (Å²) in [6.07, 6.45) is 3.34. The van der Waals surface area contributed by atoms with E-state index in [1.54, 1.807) is 30.6 Å². The van der Waals surface area contributed by atoms with Gasteiger partial charge in [0.2, 0.25) is 5.91 Å². The lowest BCUT2D eigenvalue weighted by molar-refractivity contribution is -0.125. The van der Waals surface area contributed by atoms with Crippen molar-refractivity contribution in [3.8, 4) is 5.75 Å². The highest BCUT2D eigenvalue weighted by molar-refractivity contribution is 6.31. The molecule has 0 spiro atoms. The minimum atomic E-state index is -0.281. The summed E-state index contributed by atoms with van der Waals surface area (Å²) in [5, 5.41) is 3.35. The SMILES string of the molecule is C[C@@H](NC(=O)CN1C(=O)COc2ccc(Cl)cc21)c1ccncc1. The summed E-state index contributed by atoms with van der Waals surface area (Å²) in [4.78, 5) is 29.8. The van der Waals surface area contributed by atoms with Gasteiger partial charge in [0.25, 0.3) is 5.91 Å². The zero-order chi connectivity index (χ0) is 17.1. The number of nitrogens with one attached hydrogen (secondary N) is 1. The number of carbonyl (C=O) groups excluding carboxylic acids is 2. The molecular formula is C17H16ClN3O3. The van der Waals surface area contributed by atoms with Crippen LogP contribution in [0.25, 0.3) is 0 Å². The highest BCUT2D eigenvalue weighted by atomic mass is 35.5. The first-order chi connectivity index (χ1) is 11.5. The van der Waals surface area contributed by atoms with Crippen LogP contribution in [-0.2, 0) is 9.59 Å². The van der Waals surface area contributed by atoms with Gasteiger partial charge in [-0.1, -0.05) is 11.6 Å². The number of halogens is 1. The molecule has 2 aromatic rings. The number of fused-ring (bicyclic) bond motifs is 1. The lowest BCUT2D eigenvalue weighted by Crippen LogP contribution is -2.45. The fourth-order valence-electron chi connectivity index (χ4n) is 2.51. The second kappa shape index (κ2) is 6.88. The number of benzene rings is 1. The number of pyridine rings is 1. The quantitative estimate of drug-likeness (QED) is 0.923. The Labute approximate surface area is 144 Å². The van der Waals surface area contributed by atoms with Crippen LogP contribution in [0.3, 0.4) is 0 Å². The van der Waals surface area contributed by atoms with E-state index in [9.17, 15) is 9.59 Å². The number of aromatic nitrogens is 1. The third kappa shape index (κ3) is 3.49. The van der Waals surface area contributed by atoms with Gasteiger partial charge >= 0.3 is 0 Å². The van der Waals surface area contributed by atoms with Crippen LogP contribution < -0.4 is 15.0 Å². The number of anilines is 1.